The fraction of sp³-hybridized carbons (Fsp3) is 0.222. The number of amides is 1. The molecular formula is C27H24F3N3O. The summed E-state index contributed by atoms with van der Waals surface area (Å²) in [6.45, 7) is 2.47. The van der Waals surface area contributed by atoms with Gasteiger partial charge in [-0.25, -0.2) is 0 Å². The van der Waals surface area contributed by atoms with E-state index in [-0.39, 0.29) is 11.9 Å². The Kier molecular flexibility index (Phi) is 5.87. The molecule has 1 amide bonds. The normalized spacial score (nSPS) is 15.2. The van der Waals surface area contributed by atoms with Crippen molar-refractivity contribution in [3.05, 3.63) is 107 Å². The van der Waals surface area contributed by atoms with Crippen LogP contribution in [0.1, 0.15) is 33.2 Å². The van der Waals surface area contributed by atoms with Gasteiger partial charge >= 0.3 is 6.18 Å². The fourth-order valence-corrected chi connectivity index (χ4v) is 4.66. The Labute approximate surface area is 195 Å². The summed E-state index contributed by atoms with van der Waals surface area (Å²) in [4.78, 5) is 20.2. The van der Waals surface area contributed by atoms with E-state index in [2.05, 4.69) is 34.1 Å². The average molecular weight is 464 g/mol. The van der Waals surface area contributed by atoms with Crippen molar-refractivity contribution in [1.29, 1.82) is 0 Å². The van der Waals surface area contributed by atoms with Crippen molar-refractivity contribution in [3.8, 4) is 0 Å². The molecule has 174 valence electrons. The minimum absolute atomic E-state index is 0.0912. The lowest BCUT2D eigenvalue weighted by Crippen LogP contribution is -2.50. The zero-order valence-corrected chi connectivity index (χ0v) is 18.4. The summed E-state index contributed by atoms with van der Waals surface area (Å²) in [6.07, 6.45) is -4.42. The van der Waals surface area contributed by atoms with Crippen LogP contribution in [0.2, 0.25) is 0 Å². The minimum atomic E-state index is -4.42. The summed E-state index contributed by atoms with van der Waals surface area (Å²) in [5, 5.41) is 0.380. The van der Waals surface area contributed by atoms with Gasteiger partial charge in [-0.15, -0.1) is 0 Å². The van der Waals surface area contributed by atoms with Gasteiger partial charge in [0.15, 0.2) is 0 Å². The zero-order valence-electron chi connectivity index (χ0n) is 18.4. The van der Waals surface area contributed by atoms with Gasteiger partial charge in [0, 0.05) is 37.1 Å². The van der Waals surface area contributed by atoms with Gasteiger partial charge in [0.1, 0.15) is 5.69 Å². The Morgan fingerprint density at radius 3 is 1.94 bits per heavy atom. The number of hydrogen-bond donors (Lipinski definition) is 1. The molecule has 1 aliphatic rings. The second-order valence-electron chi connectivity index (χ2n) is 8.53. The molecule has 1 aromatic heterocycles. The molecule has 1 fully saturated rings. The second kappa shape index (κ2) is 8.99. The first-order valence-corrected chi connectivity index (χ1v) is 11.2. The minimum Gasteiger partial charge on any atom is -0.351 e. The van der Waals surface area contributed by atoms with Gasteiger partial charge in [-0.2, -0.15) is 13.2 Å². The van der Waals surface area contributed by atoms with E-state index in [4.69, 9.17) is 0 Å². The largest absolute Gasteiger partial charge is 0.416 e. The molecular weight excluding hydrogens is 439 g/mol. The molecule has 0 saturated carbocycles. The highest BCUT2D eigenvalue weighted by atomic mass is 19.4. The van der Waals surface area contributed by atoms with E-state index in [9.17, 15) is 18.0 Å². The predicted octanol–water partition coefficient (Wildman–Crippen LogP) is 5.73. The van der Waals surface area contributed by atoms with Gasteiger partial charge in [0.25, 0.3) is 5.91 Å². The molecule has 5 rings (SSSR count). The quantitative estimate of drug-likeness (QED) is 0.420. The van der Waals surface area contributed by atoms with Crippen LogP contribution in [0.4, 0.5) is 13.2 Å². The molecule has 0 atom stereocenters. The Morgan fingerprint density at radius 1 is 0.794 bits per heavy atom. The van der Waals surface area contributed by atoms with Crippen molar-refractivity contribution in [2.75, 3.05) is 26.2 Å². The van der Waals surface area contributed by atoms with Crippen LogP contribution in [0.15, 0.2) is 84.9 Å². The number of aromatic nitrogens is 1. The SMILES string of the molecule is O=C(c1cc2cc(C(F)(F)F)ccc2[nH]1)N1CCN(C(c2ccccc2)c2ccccc2)CC1. The van der Waals surface area contributed by atoms with Crippen LogP contribution in [0.3, 0.4) is 0 Å². The Balaban J connectivity index is 1.33. The summed E-state index contributed by atoms with van der Waals surface area (Å²) in [6, 6.07) is 25.7. The van der Waals surface area contributed by atoms with Crippen LogP contribution in [0.5, 0.6) is 0 Å². The Morgan fingerprint density at radius 2 is 1.38 bits per heavy atom. The highest BCUT2D eigenvalue weighted by molar-refractivity contribution is 5.98. The summed E-state index contributed by atoms with van der Waals surface area (Å²) < 4.78 is 39.1. The molecule has 4 aromatic rings. The van der Waals surface area contributed by atoms with Crippen LogP contribution in [0.25, 0.3) is 10.9 Å². The molecule has 34 heavy (non-hydrogen) atoms. The second-order valence-corrected chi connectivity index (χ2v) is 8.53. The van der Waals surface area contributed by atoms with Crippen molar-refractivity contribution in [2.24, 2.45) is 0 Å². The van der Waals surface area contributed by atoms with Crippen LogP contribution in [-0.2, 0) is 6.18 Å². The number of alkyl halides is 3. The third-order valence-corrected chi connectivity index (χ3v) is 6.38. The number of aromatic amines is 1. The average Bonchev–Trinajstić information content (AvgIpc) is 3.29. The summed E-state index contributed by atoms with van der Waals surface area (Å²) in [5.41, 5.74) is 2.50. The molecule has 0 spiro atoms. The number of rotatable bonds is 4. The van der Waals surface area contributed by atoms with Crippen LogP contribution < -0.4 is 0 Å². The number of carbonyl (C=O) groups is 1. The summed E-state index contributed by atoms with van der Waals surface area (Å²) in [7, 11) is 0. The van der Waals surface area contributed by atoms with Gasteiger partial charge in [0.05, 0.1) is 11.6 Å². The first-order chi connectivity index (χ1) is 16.4. The lowest BCUT2D eigenvalue weighted by atomic mass is 9.96. The van der Waals surface area contributed by atoms with E-state index < -0.39 is 11.7 Å². The number of piperazine rings is 1. The number of hydrogen-bond acceptors (Lipinski definition) is 2. The molecule has 7 heteroatoms. The van der Waals surface area contributed by atoms with Crippen LogP contribution in [-0.4, -0.2) is 46.9 Å². The number of benzene rings is 3. The summed E-state index contributed by atoms with van der Waals surface area (Å²) >= 11 is 0. The molecule has 1 saturated heterocycles. The van der Waals surface area contributed by atoms with Gasteiger partial charge in [0.2, 0.25) is 0 Å². The van der Waals surface area contributed by atoms with E-state index in [1.807, 2.05) is 36.4 Å². The summed E-state index contributed by atoms with van der Waals surface area (Å²) in [5.74, 6) is -0.194. The molecule has 0 radical (unpaired) electrons. The Bertz CT molecular complexity index is 1240. The first-order valence-electron chi connectivity index (χ1n) is 11.2. The molecule has 3 aromatic carbocycles. The maximum absolute atomic E-state index is 13.1. The zero-order chi connectivity index (χ0) is 23.7. The highest BCUT2D eigenvalue weighted by Crippen LogP contribution is 2.32. The molecule has 0 bridgehead atoms. The van der Waals surface area contributed by atoms with Crippen molar-refractivity contribution in [2.45, 2.75) is 12.2 Å². The first kappa shape index (κ1) is 22.2. The maximum atomic E-state index is 13.1. The van der Waals surface area contributed by atoms with Gasteiger partial charge < -0.3 is 9.88 Å². The van der Waals surface area contributed by atoms with Crippen LogP contribution >= 0.6 is 0 Å². The standard InChI is InChI=1S/C27H24F3N3O/c28-27(29,30)22-11-12-23-21(17-22)18-24(31-23)26(34)33-15-13-32(14-16-33)25(19-7-3-1-4-8-19)20-9-5-2-6-10-20/h1-12,17-18,25,31H,13-16H2. The van der Waals surface area contributed by atoms with Crippen molar-refractivity contribution >= 4 is 16.8 Å². The Hall–Kier alpha value is -3.58. The van der Waals surface area contributed by atoms with E-state index in [1.54, 1.807) is 4.90 Å². The molecule has 1 aliphatic heterocycles. The van der Waals surface area contributed by atoms with E-state index in [1.165, 1.54) is 23.3 Å². The van der Waals surface area contributed by atoms with Crippen molar-refractivity contribution in [3.63, 3.8) is 0 Å². The molecule has 4 nitrogen and oxygen atoms in total. The molecule has 0 aliphatic carbocycles. The van der Waals surface area contributed by atoms with E-state index in [0.29, 0.717) is 42.8 Å². The monoisotopic (exact) mass is 463 g/mol. The fourth-order valence-electron chi connectivity index (χ4n) is 4.66. The molecule has 0 unspecified atom stereocenters. The lowest BCUT2D eigenvalue weighted by Gasteiger charge is -2.39. The van der Waals surface area contributed by atoms with Crippen molar-refractivity contribution in [1.82, 2.24) is 14.8 Å². The number of H-pyrrole nitrogens is 1. The van der Waals surface area contributed by atoms with Gasteiger partial charge in [-0.1, -0.05) is 60.7 Å². The van der Waals surface area contributed by atoms with Crippen molar-refractivity contribution < 1.29 is 18.0 Å². The van der Waals surface area contributed by atoms with E-state index in [0.717, 1.165) is 12.1 Å². The topological polar surface area (TPSA) is 39.3 Å². The van der Waals surface area contributed by atoms with E-state index >= 15 is 0 Å². The number of halogens is 3. The molecule has 1 N–H and O–H groups in total. The lowest BCUT2D eigenvalue weighted by molar-refractivity contribution is -0.137. The highest BCUT2D eigenvalue weighted by Gasteiger charge is 2.31. The number of fused-ring (bicyclic) bond motifs is 1. The van der Waals surface area contributed by atoms with Crippen LogP contribution in [0, 0.1) is 0 Å². The number of carbonyl (C=O) groups excluding carboxylic acids is 1. The van der Waals surface area contributed by atoms with Gasteiger partial charge in [-0.3, -0.25) is 9.69 Å². The third kappa shape index (κ3) is 4.43. The van der Waals surface area contributed by atoms with Gasteiger partial charge in [-0.05, 0) is 35.4 Å². The maximum Gasteiger partial charge on any atom is 0.416 e. The number of nitrogens with one attached hydrogen (secondary N) is 1. The predicted molar refractivity (Wildman–Crippen MR) is 126 cm³/mol. The third-order valence-electron chi connectivity index (χ3n) is 6.38. The molecule has 2 heterocycles. The number of nitrogens with zero attached hydrogens (tertiary/aromatic N) is 2. The smallest absolute Gasteiger partial charge is 0.351 e.